The standard InChI is InChI=1S/C30H33N3O3/c1-21-14-15-22(2)26(18-21)33-20-23(19-29(33)34)30-31-24-10-4-5-11-25(24)32(30)16-8-9-17-36-28-13-7-6-12-27(28)35-3/h4-7,10-15,18,23H,8-9,16-17,19-20H2,1-3H3. The van der Waals surface area contributed by atoms with Gasteiger partial charge in [0.25, 0.3) is 0 Å². The Morgan fingerprint density at radius 3 is 2.58 bits per heavy atom. The summed E-state index contributed by atoms with van der Waals surface area (Å²) in [4.78, 5) is 20.0. The SMILES string of the molecule is COc1ccccc1OCCCCn1c(C2CC(=O)N(c3cc(C)ccc3C)C2)nc2ccccc21. The molecule has 0 saturated carbocycles. The van der Waals surface area contributed by atoms with E-state index >= 15 is 0 Å². The number of methoxy groups -OCH3 is 1. The molecule has 3 aromatic carbocycles. The number of carbonyl (C=O) groups is 1. The number of hydrogen-bond donors (Lipinski definition) is 0. The zero-order valence-corrected chi connectivity index (χ0v) is 21.2. The fourth-order valence-corrected chi connectivity index (χ4v) is 5.06. The molecule has 6 heteroatoms. The first-order valence-corrected chi connectivity index (χ1v) is 12.6. The summed E-state index contributed by atoms with van der Waals surface area (Å²) in [6.07, 6.45) is 2.33. The summed E-state index contributed by atoms with van der Waals surface area (Å²) >= 11 is 0. The zero-order valence-electron chi connectivity index (χ0n) is 21.2. The van der Waals surface area contributed by atoms with E-state index in [2.05, 4.69) is 54.8 Å². The van der Waals surface area contributed by atoms with E-state index in [-0.39, 0.29) is 11.8 Å². The summed E-state index contributed by atoms with van der Waals surface area (Å²) in [5.74, 6) is 2.75. The van der Waals surface area contributed by atoms with Crippen LogP contribution in [-0.4, -0.2) is 35.7 Å². The zero-order chi connectivity index (χ0) is 25.1. The number of rotatable bonds is 9. The highest BCUT2D eigenvalue weighted by Gasteiger charge is 2.35. The Kier molecular flexibility index (Phi) is 6.94. The van der Waals surface area contributed by atoms with Gasteiger partial charge in [-0.2, -0.15) is 0 Å². The van der Waals surface area contributed by atoms with Crippen LogP contribution >= 0.6 is 0 Å². The first-order chi connectivity index (χ1) is 17.5. The molecule has 0 radical (unpaired) electrons. The van der Waals surface area contributed by atoms with Crippen LogP contribution in [0.25, 0.3) is 11.0 Å². The van der Waals surface area contributed by atoms with Crippen molar-refractivity contribution in [3.05, 3.63) is 83.7 Å². The molecule has 0 bridgehead atoms. The van der Waals surface area contributed by atoms with Crippen LogP contribution < -0.4 is 14.4 Å². The van der Waals surface area contributed by atoms with Crippen molar-refractivity contribution in [1.29, 1.82) is 0 Å². The molecule has 6 nitrogen and oxygen atoms in total. The van der Waals surface area contributed by atoms with Crippen LogP contribution in [-0.2, 0) is 11.3 Å². The molecule has 0 N–H and O–H groups in total. The smallest absolute Gasteiger partial charge is 0.227 e. The van der Waals surface area contributed by atoms with E-state index in [1.165, 1.54) is 0 Å². The third-order valence-electron chi connectivity index (χ3n) is 6.93. The Labute approximate surface area is 212 Å². The summed E-state index contributed by atoms with van der Waals surface area (Å²) in [5.41, 5.74) is 5.40. The van der Waals surface area contributed by atoms with Gasteiger partial charge in [-0.05, 0) is 68.1 Å². The molecule has 1 atom stereocenters. The van der Waals surface area contributed by atoms with Gasteiger partial charge < -0.3 is 18.9 Å². The van der Waals surface area contributed by atoms with Gasteiger partial charge in [0.15, 0.2) is 11.5 Å². The monoisotopic (exact) mass is 483 g/mol. The topological polar surface area (TPSA) is 56.6 Å². The number of amides is 1. The lowest BCUT2D eigenvalue weighted by Gasteiger charge is -2.20. The Balaban J connectivity index is 1.31. The number of fused-ring (bicyclic) bond motifs is 1. The average Bonchev–Trinajstić information content (AvgIpc) is 3.46. The minimum atomic E-state index is 0.0645. The molecule has 1 saturated heterocycles. The third kappa shape index (κ3) is 4.81. The van der Waals surface area contributed by atoms with E-state index < -0.39 is 0 Å². The second-order valence-corrected chi connectivity index (χ2v) is 9.51. The van der Waals surface area contributed by atoms with Gasteiger partial charge in [-0.25, -0.2) is 4.98 Å². The molecule has 2 heterocycles. The molecule has 36 heavy (non-hydrogen) atoms. The van der Waals surface area contributed by atoms with Gasteiger partial charge >= 0.3 is 0 Å². The second-order valence-electron chi connectivity index (χ2n) is 9.51. The maximum absolute atomic E-state index is 13.1. The predicted octanol–water partition coefficient (Wildman–Crippen LogP) is 6.04. The van der Waals surface area contributed by atoms with Crippen molar-refractivity contribution in [2.45, 2.75) is 45.6 Å². The molecule has 1 amide bonds. The number of aryl methyl sites for hydroxylation is 3. The van der Waals surface area contributed by atoms with Gasteiger partial charge in [0.2, 0.25) is 5.91 Å². The molecule has 1 fully saturated rings. The van der Waals surface area contributed by atoms with Gasteiger partial charge in [-0.15, -0.1) is 0 Å². The predicted molar refractivity (Wildman–Crippen MR) is 143 cm³/mol. The van der Waals surface area contributed by atoms with Crippen molar-refractivity contribution in [2.24, 2.45) is 0 Å². The van der Waals surface area contributed by atoms with Crippen molar-refractivity contribution in [2.75, 3.05) is 25.2 Å². The number of hydrogen-bond acceptors (Lipinski definition) is 4. The van der Waals surface area contributed by atoms with Crippen molar-refractivity contribution in [1.82, 2.24) is 9.55 Å². The molecule has 1 aliphatic rings. The fourth-order valence-electron chi connectivity index (χ4n) is 5.06. The lowest BCUT2D eigenvalue weighted by atomic mass is 10.1. The molecular weight excluding hydrogens is 450 g/mol. The van der Waals surface area contributed by atoms with Crippen LogP contribution in [0.4, 0.5) is 5.69 Å². The quantitative estimate of drug-likeness (QED) is 0.272. The lowest BCUT2D eigenvalue weighted by molar-refractivity contribution is -0.117. The van der Waals surface area contributed by atoms with Crippen LogP contribution in [0.2, 0.25) is 0 Å². The number of aromatic nitrogens is 2. The Morgan fingerprint density at radius 1 is 0.972 bits per heavy atom. The molecule has 0 aliphatic carbocycles. The summed E-state index contributed by atoms with van der Waals surface area (Å²) in [6, 6.07) is 22.3. The fraction of sp³-hybridized carbons (Fsp3) is 0.333. The molecule has 1 aromatic heterocycles. The number of carbonyl (C=O) groups excluding carboxylic acids is 1. The van der Waals surface area contributed by atoms with Crippen LogP contribution in [0.1, 0.15) is 42.1 Å². The minimum Gasteiger partial charge on any atom is -0.493 e. The molecule has 1 unspecified atom stereocenters. The third-order valence-corrected chi connectivity index (χ3v) is 6.93. The van der Waals surface area contributed by atoms with E-state index in [0.717, 1.165) is 64.6 Å². The minimum absolute atomic E-state index is 0.0645. The molecule has 5 rings (SSSR count). The van der Waals surface area contributed by atoms with Crippen molar-refractivity contribution in [3.8, 4) is 11.5 Å². The van der Waals surface area contributed by atoms with Crippen LogP contribution in [0.3, 0.4) is 0 Å². The largest absolute Gasteiger partial charge is 0.493 e. The van der Waals surface area contributed by atoms with Gasteiger partial charge in [0.05, 0.1) is 24.8 Å². The highest BCUT2D eigenvalue weighted by molar-refractivity contribution is 5.97. The Hall–Kier alpha value is -3.80. The molecule has 186 valence electrons. The number of benzene rings is 3. The summed E-state index contributed by atoms with van der Waals surface area (Å²) < 4.78 is 13.6. The molecular formula is C30H33N3O3. The number of imidazole rings is 1. The summed E-state index contributed by atoms with van der Waals surface area (Å²) in [7, 11) is 1.66. The number of anilines is 1. The van der Waals surface area contributed by atoms with Gasteiger partial charge in [0, 0.05) is 31.1 Å². The van der Waals surface area contributed by atoms with Crippen LogP contribution in [0.5, 0.6) is 11.5 Å². The number of nitrogens with zero attached hydrogens (tertiary/aromatic N) is 3. The average molecular weight is 484 g/mol. The normalized spacial score (nSPS) is 15.6. The first kappa shape index (κ1) is 23.9. The van der Waals surface area contributed by atoms with Crippen molar-refractivity contribution < 1.29 is 14.3 Å². The van der Waals surface area contributed by atoms with E-state index in [0.29, 0.717) is 19.6 Å². The van der Waals surface area contributed by atoms with Gasteiger partial charge in [-0.3, -0.25) is 4.79 Å². The number of unbranched alkanes of at least 4 members (excludes halogenated alkanes) is 1. The lowest BCUT2D eigenvalue weighted by Crippen LogP contribution is -2.25. The molecule has 4 aromatic rings. The van der Waals surface area contributed by atoms with Crippen molar-refractivity contribution in [3.63, 3.8) is 0 Å². The Morgan fingerprint density at radius 2 is 1.75 bits per heavy atom. The summed E-state index contributed by atoms with van der Waals surface area (Å²) in [5, 5.41) is 0. The first-order valence-electron chi connectivity index (χ1n) is 12.6. The van der Waals surface area contributed by atoms with E-state index in [1.54, 1.807) is 7.11 Å². The number of para-hydroxylation sites is 4. The second kappa shape index (κ2) is 10.4. The van der Waals surface area contributed by atoms with Crippen molar-refractivity contribution >= 4 is 22.6 Å². The van der Waals surface area contributed by atoms with E-state index in [4.69, 9.17) is 14.5 Å². The van der Waals surface area contributed by atoms with Gasteiger partial charge in [0.1, 0.15) is 5.82 Å². The number of ether oxygens (including phenoxy) is 2. The maximum atomic E-state index is 13.1. The van der Waals surface area contributed by atoms with E-state index in [9.17, 15) is 4.79 Å². The highest BCUT2D eigenvalue weighted by Crippen LogP contribution is 2.35. The van der Waals surface area contributed by atoms with Gasteiger partial charge in [-0.1, -0.05) is 36.4 Å². The van der Waals surface area contributed by atoms with Crippen LogP contribution in [0.15, 0.2) is 66.7 Å². The summed E-state index contributed by atoms with van der Waals surface area (Å²) in [6.45, 7) is 6.24. The van der Waals surface area contributed by atoms with E-state index in [1.807, 2.05) is 35.2 Å². The highest BCUT2D eigenvalue weighted by atomic mass is 16.5. The molecule has 0 spiro atoms. The Bertz CT molecular complexity index is 1380. The maximum Gasteiger partial charge on any atom is 0.227 e. The molecule has 1 aliphatic heterocycles. The van der Waals surface area contributed by atoms with Crippen LogP contribution in [0, 0.1) is 13.8 Å².